The van der Waals surface area contributed by atoms with Crippen molar-refractivity contribution in [1.29, 1.82) is 0 Å². The number of nitrogens with zero attached hydrogens (tertiary/aromatic N) is 2. The fourth-order valence-electron chi connectivity index (χ4n) is 1.66. The van der Waals surface area contributed by atoms with E-state index in [0.717, 1.165) is 0 Å². The Morgan fingerprint density at radius 1 is 1.04 bits per heavy atom. The van der Waals surface area contributed by atoms with Gasteiger partial charge in [0.05, 0.1) is 10.6 Å². The van der Waals surface area contributed by atoms with Crippen molar-refractivity contribution in [3.05, 3.63) is 55.4 Å². The first-order chi connectivity index (χ1) is 10.4. The fraction of sp³-hybridized carbons (Fsp3) is 0.182. The predicted molar refractivity (Wildman–Crippen MR) is 65.5 cm³/mol. The second kappa shape index (κ2) is 5.41. The molecule has 12 heteroatoms. The third kappa shape index (κ3) is 3.38. The Bertz CT molecular complexity index is 868. The van der Waals surface area contributed by atoms with Crippen LogP contribution in [0.5, 0.6) is 0 Å². The molecule has 0 atom stereocenters. The number of hydrogen-bond donors (Lipinski definition) is 1. The lowest BCUT2D eigenvalue weighted by Gasteiger charge is -2.15. The van der Waals surface area contributed by atoms with Gasteiger partial charge in [0, 0.05) is 12.3 Å². The summed E-state index contributed by atoms with van der Waals surface area (Å²) in [6, 6.07) is 0.388. The van der Waals surface area contributed by atoms with E-state index in [1.54, 1.807) is 4.98 Å². The summed E-state index contributed by atoms with van der Waals surface area (Å²) in [5, 5.41) is -0.848. The summed E-state index contributed by atoms with van der Waals surface area (Å²) in [5.41, 5.74) is -5.90. The standard InChI is InChI=1S/C11H4ClF6N3O2/c12-5-1-4(10(13,14)15)3-19-8(5)21-6(11(16,17)18)2-7(22)20-9(21)23/h1-3H,(H,20,22,23). The van der Waals surface area contributed by atoms with Crippen LogP contribution in [0.25, 0.3) is 5.82 Å². The number of hydrogen-bond acceptors (Lipinski definition) is 3. The lowest BCUT2D eigenvalue weighted by Crippen LogP contribution is -2.34. The van der Waals surface area contributed by atoms with Gasteiger partial charge in [0.2, 0.25) is 0 Å². The van der Waals surface area contributed by atoms with Crippen LogP contribution in [-0.4, -0.2) is 14.5 Å². The van der Waals surface area contributed by atoms with E-state index in [2.05, 4.69) is 4.98 Å². The minimum Gasteiger partial charge on any atom is -0.274 e. The quantitative estimate of drug-likeness (QED) is 0.796. The van der Waals surface area contributed by atoms with E-state index in [1.807, 2.05) is 0 Å². The number of pyridine rings is 1. The normalized spacial score (nSPS) is 12.5. The molecule has 2 heterocycles. The number of H-pyrrole nitrogens is 1. The third-order valence-electron chi connectivity index (χ3n) is 2.59. The third-order valence-corrected chi connectivity index (χ3v) is 2.87. The second-order valence-electron chi connectivity index (χ2n) is 4.18. The molecule has 0 unspecified atom stereocenters. The molecule has 0 spiro atoms. The van der Waals surface area contributed by atoms with Crippen molar-refractivity contribution in [2.45, 2.75) is 12.4 Å². The molecular weight excluding hydrogens is 356 g/mol. The number of halogens is 7. The average Bonchev–Trinajstić information content (AvgIpc) is 2.36. The molecule has 0 aromatic carbocycles. The van der Waals surface area contributed by atoms with Crippen molar-refractivity contribution in [1.82, 2.24) is 14.5 Å². The number of nitrogens with one attached hydrogen (secondary N) is 1. The van der Waals surface area contributed by atoms with Gasteiger partial charge in [-0.1, -0.05) is 11.6 Å². The van der Waals surface area contributed by atoms with Crippen LogP contribution in [0.1, 0.15) is 11.3 Å². The molecule has 0 radical (unpaired) electrons. The van der Waals surface area contributed by atoms with Gasteiger partial charge in [-0.2, -0.15) is 26.3 Å². The van der Waals surface area contributed by atoms with Crippen LogP contribution in [0.3, 0.4) is 0 Å². The molecule has 0 aliphatic rings. The summed E-state index contributed by atoms with van der Waals surface area (Å²) in [6.07, 6.45) is -9.74. The highest BCUT2D eigenvalue weighted by Crippen LogP contribution is 2.33. The van der Waals surface area contributed by atoms with Crippen LogP contribution in [0.15, 0.2) is 27.9 Å². The maximum atomic E-state index is 12.9. The van der Waals surface area contributed by atoms with Crippen LogP contribution in [-0.2, 0) is 12.4 Å². The molecule has 2 rings (SSSR count). The Hall–Kier alpha value is -2.30. The van der Waals surface area contributed by atoms with E-state index in [-0.39, 0.29) is 16.8 Å². The molecule has 0 aliphatic heterocycles. The van der Waals surface area contributed by atoms with Crippen molar-refractivity contribution in [3.8, 4) is 5.82 Å². The zero-order chi connectivity index (χ0) is 17.6. The Morgan fingerprint density at radius 2 is 1.65 bits per heavy atom. The van der Waals surface area contributed by atoms with Gasteiger partial charge in [-0.05, 0) is 6.07 Å². The van der Waals surface area contributed by atoms with Gasteiger partial charge in [-0.3, -0.25) is 9.78 Å². The lowest BCUT2D eigenvalue weighted by molar-refractivity contribution is -0.143. The zero-order valence-corrected chi connectivity index (χ0v) is 11.3. The summed E-state index contributed by atoms with van der Waals surface area (Å²) in [6.45, 7) is 0. The Balaban J connectivity index is 2.78. The van der Waals surface area contributed by atoms with Crippen molar-refractivity contribution < 1.29 is 26.3 Å². The maximum Gasteiger partial charge on any atom is 0.432 e. The lowest BCUT2D eigenvalue weighted by atomic mass is 10.2. The van der Waals surface area contributed by atoms with Gasteiger partial charge in [0.1, 0.15) is 5.69 Å². The SMILES string of the molecule is O=c1cc(C(F)(F)F)n(-c2ncc(C(F)(F)F)cc2Cl)c(=O)[nH]1. The van der Waals surface area contributed by atoms with E-state index in [0.29, 0.717) is 6.07 Å². The predicted octanol–water partition coefficient (Wildman–Crippen LogP) is 2.61. The largest absolute Gasteiger partial charge is 0.432 e. The van der Waals surface area contributed by atoms with Gasteiger partial charge >= 0.3 is 18.0 Å². The summed E-state index contributed by atoms with van der Waals surface area (Å²) < 4.78 is 76.2. The molecule has 2 aromatic heterocycles. The molecule has 0 aliphatic carbocycles. The van der Waals surface area contributed by atoms with Gasteiger partial charge in [-0.25, -0.2) is 14.3 Å². The number of aromatic nitrogens is 3. The van der Waals surface area contributed by atoms with Gasteiger partial charge in [0.25, 0.3) is 5.56 Å². The fourth-order valence-corrected chi connectivity index (χ4v) is 1.92. The zero-order valence-electron chi connectivity index (χ0n) is 10.6. The molecular formula is C11H4ClF6N3O2. The van der Waals surface area contributed by atoms with Crippen molar-refractivity contribution >= 4 is 11.6 Å². The smallest absolute Gasteiger partial charge is 0.274 e. The highest BCUT2D eigenvalue weighted by atomic mass is 35.5. The van der Waals surface area contributed by atoms with Gasteiger partial charge in [0.15, 0.2) is 5.82 Å². The summed E-state index contributed by atoms with van der Waals surface area (Å²) in [4.78, 5) is 27.4. The second-order valence-corrected chi connectivity index (χ2v) is 4.59. The van der Waals surface area contributed by atoms with E-state index in [1.165, 1.54) is 0 Å². The molecule has 0 amide bonds. The molecule has 124 valence electrons. The first-order valence-corrected chi connectivity index (χ1v) is 5.96. The molecule has 0 saturated heterocycles. The molecule has 2 aromatic rings. The van der Waals surface area contributed by atoms with E-state index in [4.69, 9.17) is 11.6 Å². The Kier molecular flexibility index (Phi) is 4.01. The van der Waals surface area contributed by atoms with E-state index >= 15 is 0 Å². The minimum atomic E-state index is -5.14. The van der Waals surface area contributed by atoms with Gasteiger partial charge < -0.3 is 0 Å². The maximum absolute atomic E-state index is 12.9. The van der Waals surface area contributed by atoms with Crippen LogP contribution in [0.2, 0.25) is 5.02 Å². The van der Waals surface area contributed by atoms with E-state index < -0.39 is 45.7 Å². The van der Waals surface area contributed by atoms with E-state index in [9.17, 15) is 35.9 Å². The monoisotopic (exact) mass is 359 g/mol. The molecule has 23 heavy (non-hydrogen) atoms. The summed E-state index contributed by atoms with van der Waals surface area (Å²) in [5.74, 6) is -0.895. The molecule has 5 nitrogen and oxygen atoms in total. The Labute approximate surface area is 127 Å². The first-order valence-electron chi connectivity index (χ1n) is 5.58. The Morgan fingerprint density at radius 3 is 2.13 bits per heavy atom. The first kappa shape index (κ1) is 17.1. The topological polar surface area (TPSA) is 67.8 Å². The van der Waals surface area contributed by atoms with Crippen molar-refractivity contribution in [3.63, 3.8) is 0 Å². The van der Waals surface area contributed by atoms with Crippen LogP contribution >= 0.6 is 11.6 Å². The van der Waals surface area contributed by atoms with Crippen LogP contribution < -0.4 is 11.2 Å². The molecule has 0 bridgehead atoms. The number of alkyl halides is 6. The number of rotatable bonds is 1. The summed E-state index contributed by atoms with van der Waals surface area (Å²) >= 11 is 5.52. The number of aromatic amines is 1. The molecule has 1 N–H and O–H groups in total. The highest BCUT2D eigenvalue weighted by molar-refractivity contribution is 6.32. The average molecular weight is 360 g/mol. The van der Waals surface area contributed by atoms with Crippen molar-refractivity contribution in [2.75, 3.05) is 0 Å². The molecule has 0 fully saturated rings. The molecule has 0 saturated carbocycles. The summed E-state index contributed by atoms with van der Waals surface area (Å²) in [7, 11) is 0. The highest BCUT2D eigenvalue weighted by Gasteiger charge is 2.37. The van der Waals surface area contributed by atoms with Crippen LogP contribution in [0, 0.1) is 0 Å². The van der Waals surface area contributed by atoms with Gasteiger partial charge in [-0.15, -0.1) is 0 Å². The van der Waals surface area contributed by atoms with Crippen LogP contribution in [0.4, 0.5) is 26.3 Å². The van der Waals surface area contributed by atoms with Crippen molar-refractivity contribution in [2.24, 2.45) is 0 Å². The minimum absolute atomic E-state index is 0.0665.